The molecule has 1 amide bonds. The molecule has 0 radical (unpaired) electrons. The van der Waals surface area contributed by atoms with Crippen molar-refractivity contribution in [3.8, 4) is 5.75 Å². The van der Waals surface area contributed by atoms with Gasteiger partial charge in [0.25, 0.3) is 0 Å². The van der Waals surface area contributed by atoms with Gasteiger partial charge in [0, 0.05) is 44.1 Å². The highest BCUT2D eigenvalue weighted by Gasteiger charge is 2.21. The van der Waals surface area contributed by atoms with Crippen LogP contribution in [-0.2, 0) is 4.79 Å². The Bertz CT molecular complexity index is 882. The van der Waals surface area contributed by atoms with Crippen LogP contribution in [0.1, 0.15) is 5.56 Å². The molecule has 0 unspecified atom stereocenters. The molecule has 2 N–H and O–H groups in total. The number of carbonyl (C=O) groups is 1. The van der Waals surface area contributed by atoms with Crippen LogP contribution in [0, 0.1) is 0 Å². The van der Waals surface area contributed by atoms with Crippen molar-refractivity contribution in [3.05, 3.63) is 47.1 Å². The maximum atomic E-state index is 12.5. The summed E-state index contributed by atoms with van der Waals surface area (Å²) in [5, 5.41) is 0.759. The normalized spacial score (nSPS) is 14.9. The number of benzene rings is 1. The summed E-state index contributed by atoms with van der Waals surface area (Å²) in [4.78, 5) is 24.6. The highest BCUT2D eigenvalue weighted by Crippen LogP contribution is 2.29. The molecule has 0 spiro atoms. The molecule has 2 heterocycles. The quantitative estimate of drug-likeness (QED) is 0.750. The Morgan fingerprint density at radius 3 is 2.71 bits per heavy atom. The molecule has 3 rings (SSSR count). The molecule has 9 heteroatoms. The summed E-state index contributed by atoms with van der Waals surface area (Å²) in [6.45, 7) is 2.60. The van der Waals surface area contributed by atoms with Gasteiger partial charge < -0.3 is 20.3 Å². The summed E-state index contributed by atoms with van der Waals surface area (Å²) < 4.78 is 5.27. The van der Waals surface area contributed by atoms with E-state index >= 15 is 0 Å². The fourth-order valence-electron chi connectivity index (χ4n) is 2.97. The van der Waals surface area contributed by atoms with Gasteiger partial charge in [-0.1, -0.05) is 23.2 Å². The van der Waals surface area contributed by atoms with Gasteiger partial charge in [0.2, 0.25) is 5.91 Å². The van der Waals surface area contributed by atoms with E-state index in [1.165, 1.54) is 0 Å². The van der Waals surface area contributed by atoms with Crippen molar-refractivity contribution in [2.75, 3.05) is 50.5 Å². The number of amides is 1. The van der Waals surface area contributed by atoms with Gasteiger partial charge in [-0.3, -0.25) is 9.79 Å². The van der Waals surface area contributed by atoms with Crippen molar-refractivity contribution in [1.82, 2.24) is 9.88 Å². The number of carbonyl (C=O) groups excluding carboxylic acids is 1. The Kier molecular flexibility index (Phi) is 6.59. The number of ether oxygens (including phenoxy) is 1. The lowest BCUT2D eigenvalue weighted by atomic mass is 10.2. The van der Waals surface area contributed by atoms with Crippen LogP contribution < -0.4 is 15.4 Å². The summed E-state index contributed by atoms with van der Waals surface area (Å²) in [5.74, 6) is 0.848. The SMILES string of the molecule is COc1cc(N2CCN(C(=O)CN=C(Cl)c3cccnc3N)CC2)ccc1Cl. The van der Waals surface area contributed by atoms with Gasteiger partial charge in [-0.25, -0.2) is 4.98 Å². The number of pyridine rings is 1. The minimum absolute atomic E-state index is 0.0259. The molecule has 148 valence electrons. The van der Waals surface area contributed by atoms with Crippen molar-refractivity contribution < 1.29 is 9.53 Å². The van der Waals surface area contributed by atoms with E-state index in [0.29, 0.717) is 42.5 Å². The van der Waals surface area contributed by atoms with E-state index in [1.807, 2.05) is 18.2 Å². The van der Waals surface area contributed by atoms with Crippen LogP contribution in [0.4, 0.5) is 11.5 Å². The molecule has 1 aromatic carbocycles. The van der Waals surface area contributed by atoms with E-state index in [2.05, 4.69) is 14.9 Å². The Morgan fingerprint density at radius 2 is 2.04 bits per heavy atom. The van der Waals surface area contributed by atoms with Crippen LogP contribution in [0.3, 0.4) is 0 Å². The number of rotatable bonds is 5. The van der Waals surface area contributed by atoms with E-state index in [1.54, 1.807) is 30.3 Å². The van der Waals surface area contributed by atoms with Crippen molar-refractivity contribution in [1.29, 1.82) is 0 Å². The maximum Gasteiger partial charge on any atom is 0.244 e. The molecule has 1 saturated heterocycles. The Balaban J connectivity index is 1.57. The monoisotopic (exact) mass is 421 g/mol. The smallest absolute Gasteiger partial charge is 0.244 e. The molecule has 28 heavy (non-hydrogen) atoms. The molecule has 1 aromatic heterocycles. The number of hydrogen-bond acceptors (Lipinski definition) is 6. The number of piperazine rings is 1. The molecule has 0 atom stereocenters. The van der Waals surface area contributed by atoms with E-state index in [0.717, 1.165) is 5.69 Å². The lowest BCUT2D eigenvalue weighted by molar-refractivity contribution is -0.129. The van der Waals surface area contributed by atoms with E-state index in [4.69, 9.17) is 33.7 Å². The van der Waals surface area contributed by atoms with Crippen molar-refractivity contribution in [3.63, 3.8) is 0 Å². The summed E-state index contributed by atoms with van der Waals surface area (Å²) in [6, 6.07) is 9.11. The first kappa shape index (κ1) is 20.2. The van der Waals surface area contributed by atoms with Crippen molar-refractivity contribution in [2.24, 2.45) is 4.99 Å². The van der Waals surface area contributed by atoms with Gasteiger partial charge in [-0.05, 0) is 24.3 Å². The number of hydrogen-bond donors (Lipinski definition) is 1. The third-order valence-electron chi connectivity index (χ3n) is 4.55. The predicted molar refractivity (Wildman–Crippen MR) is 113 cm³/mol. The molecule has 0 aliphatic carbocycles. The summed E-state index contributed by atoms with van der Waals surface area (Å²) >= 11 is 12.3. The van der Waals surface area contributed by atoms with Crippen LogP contribution in [0.15, 0.2) is 41.5 Å². The van der Waals surface area contributed by atoms with Crippen molar-refractivity contribution >= 4 is 45.8 Å². The molecular weight excluding hydrogens is 401 g/mol. The minimum atomic E-state index is -0.0750. The number of nitrogens with two attached hydrogens (primary N) is 1. The largest absolute Gasteiger partial charge is 0.495 e. The molecular formula is C19H21Cl2N5O2. The number of nitrogens with zero attached hydrogens (tertiary/aromatic N) is 4. The molecule has 0 saturated carbocycles. The predicted octanol–water partition coefficient (Wildman–Crippen LogP) is 2.66. The fourth-order valence-corrected chi connectivity index (χ4v) is 3.39. The standard InChI is InChI=1S/C19H21Cl2N5O2/c1-28-16-11-13(4-5-15(16)20)25-7-9-26(10-8-25)17(27)12-24-18(21)14-3-2-6-23-19(14)22/h2-6,11H,7-10,12H2,1H3,(H2,22,23). The van der Waals surface area contributed by atoms with Crippen molar-refractivity contribution in [2.45, 2.75) is 0 Å². The van der Waals surface area contributed by atoms with Gasteiger partial charge >= 0.3 is 0 Å². The highest BCUT2D eigenvalue weighted by atomic mass is 35.5. The summed E-state index contributed by atoms with van der Waals surface area (Å²) in [7, 11) is 1.59. The second kappa shape index (κ2) is 9.12. The first-order chi connectivity index (χ1) is 13.5. The van der Waals surface area contributed by atoms with Gasteiger partial charge in [0.05, 0.1) is 17.7 Å². The van der Waals surface area contributed by atoms with Crippen LogP contribution in [0.2, 0.25) is 5.02 Å². The second-order valence-corrected chi connectivity index (χ2v) is 7.00. The molecule has 1 aliphatic rings. The van der Waals surface area contributed by atoms with Gasteiger partial charge in [0.1, 0.15) is 23.3 Å². The van der Waals surface area contributed by atoms with Gasteiger partial charge in [0.15, 0.2) is 0 Å². The van der Waals surface area contributed by atoms with Gasteiger partial charge in [-0.15, -0.1) is 0 Å². The highest BCUT2D eigenvalue weighted by molar-refractivity contribution is 6.70. The number of aromatic nitrogens is 1. The van der Waals surface area contributed by atoms with E-state index < -0.39 is 0 Å². The van der Waals surface area contributed by atoms with Crippen LogP contribution in [0.25, 0.3) is 0 Å². The fraction of sp³-hybridized carbons (Fsp3) is 0.316. The first-order valence-corrected chi connectivity index (χ1v) is 9.52. The first-order valence-electron chi connectivity index (χ1n) is 8.76. The van der Waals surface area contributed by atoms with Crippen LogP contribution in [0.5, 0.6) is 5.75 Å². The molecule has 0 bridgehead atoms. The lowest BCUT2D eigenvalue weighted by Gasteiger charge is -2.36. The third kappa shape index (κ3) is 4.66. The zero-order valence-corrected chi connectivity index (χ0v) is 17.0. The molecule has 2 aromatic rings. The average molecular weight is 422 g/mol. The Hall–Kier alpha value is -2.51. The topological polar surface area (TPSA) is 84.0 Å². The third-order valence-corrected chi connectivity index (χ3v) is 5.18. The Morgan fingerprint density at radius 1 is 1.29 bits per heavy atom. The zero-order chi connectivity index (χ0) is 20.1. The number of methoxy groups -OCH3 is 1. The number of aliphatic imine (C=N–C) groups is 1. The molecule has 1 aliphatic heterocycles. The van der Waals surface area contributed by atoms with Crippen LogP contribution >= 0.6 is 23.2 Å². The summed E-state index contributed by atoms with van der Waals surface area (Å²) in [5.41, 5.74) is 7.32. The number of anilines is 2. The lowest BCUT2D eigenvalue weighted by Crippen LogP contribution is -2.49. The van der Waals surface area contributed by atoms with E-state index in [-0.39, 0.29) is 23.4 Å². The molecule has 1 fully saturated rings. The minimum Gasteiger partial charge on any atom is -0.495 e. The maximum absolute atomic E-state index is 12.5. The second-order valence-electron chi connectivity index (χ2n) is 6.23. The average Bonchev–Trinajstić information content (AvgIpc) is 2.72. The Labute approximate surface area is 173 Å². The van der Waals surface area contributed by atoms with Gasteiger partial charge in [-0.2, -0.15) is 0 Å². The van der Waals surface area contributed by atoms with Crippen LogP contribution in [-0.4, -0.2) is 60.8 Å². The number of nitrogen functional groups attached to an aromatic ring is 1. The number of halogens is 2. The summed E-state index contributed by atoms with van der Waals surface area (Å²) in [6.07, 6.45) is 1.57. The zero-order valence-electron chi connectivity index (χ0n) is 15.4. The molecule has 7 nitrogen and oxygen atoms in total. The van der Waals surface area contributed by atoms with E-state index in [9.17, 15) is 4.79 Å².